The van der Waals surface area contributed by atoms with Crippen LogP contribution in [0.25, 0.3) is 0 Å². The van der Waals surface area contributed by atoms with Gasteiger partial charge in [0.2, 0.25) is 11.8 Å². The Balaban J connectivity index is 1.51. The van der Waals surface area contributed by atoms with Gasteiger partial charge in [0.05, 0.1) is 5.41 Å². The molecule has 0 radical (unpaired) electrons. The summed E-state index contributed by atoms with van der Waals surface area (Å²) < 4.78 is 13.9. The maximum absolute atomic E-state index is 13.9. The maximum atomic E-state index is 13.9. The van der Waals surface area contributed by atoms with Crippen molar-refractivity contribution in [3.05, 3.63) is 60.2 Å². The fourth-order valence-corrected chi connectivity index (χ4v) is 2.71. The smallest absolute Gasteiger partial charge is 0.230 e. The van der Waals surface area contributed by atoms with E-state index < -0.39 is 5.41 Å². The molecule has 24 heavy (non-hydrogen) atoms. The molecule has 0 unspecified atom stereocenters. The topological polar surface area (TPSA) is 71.1 Å². The van der Waals surface area contributed by atoms with Crippen LogP contribution in [0.2, 0.25) is 0 Å². The van der Waals surface area contributed by atoms with E-state index in [-0.39, 0.29) is 30.6 Å². The molecule has 124 valence electrons. The van der Waals surface area contributed by atoms with Crippen molar-refractivity contribution in [2.24, 2.45) is 0 Å². The number of hydrogen-bond donors (Lipinski definition) is 2. The molecule has 6 heteroatoms. The number of aromatic nitrogens is 1. The number of halogens is 1. The van der Waals surface area contributed by atoms with Crippen molar-refractivity contribution in [2.45, 2.75) is 24.7 Å². The van der Waals surface area contributed by atoms with Crippen LogP contribution in [0.3, 0.4) is 0 Å². The molecule has 2 N–H and O–H groups in total. The molecular weight excluding hydrogens is 309 g/mol. The van der Waals surface area contributed by atoms with Gasteiger partial charge in [-0.2, -0.15) is 0 Å². The third kappa shape index (κ3) is 3.42. The lowest BCUT2D eigenvalue weighted by Gasteiger charge is -2.16. The summed E-state index contributed by atoms with van der Waals surface area (Å²) in [5.74, 6) is -0.776. The highest BCUT2D eigenvalue weighted by molar-refractivity contribution is 5.93. The Labute approximate surface area is 139 Å². The molecule has 2 aromatic rings. The minimum Gasteiger partial charge on any atom is -0.355 e. The molecule has 0 aliphatic heterocycles. The SMILES string of the molecule is O=C(CCNC(=O)C1(c2ccccc2F)CC1)Nc1ccncc1. The average Bonchev–Trinajstić information content (AvgIpc) is 3.38. The van der Waals surface area contributed by atoms with Gasteiger partial charge in [-0.1, -0.05) is 18.2 Å². The van der Waals surface area contributed by atoms with Gasteiger partial charge in [-0.25, -0.2) is 4.39 Å². The summed E-state index contributed by atoms with van der Waals surface area (Å²) >= 11 is 0. The number of amides is 2. The van der Waals surface area contributed by atoms with Gasteiger partial charge in [0.15, 0.2) is 0 Å². The Hall–Kier alpha value is -2.76. The predicted octanol–water partition coefficient (Wildman–Crippen LogP) is 2.40. The van der Waals surface area contributed by atoms with Crippen LogP contribution >= 0.6 is 0 Å². The lowest BCUT2D eigenvalue weighted by Crippen LogP contribution is -2.37. The molecule has 0 saturated heterocycles. The first kappa shape index (κ1) is 16.1. The van der Waals surface area contributed by atoms with E-state index in [0.717, 1.165) is 0 Å². The predicted molar refractivity (Wildman–Crippen MR) is 87.8 cm³/mol. The number of benzene rings is 1. The van der Waals surface area contributed by atoms with E-state index in [2.05, 4.69) is 15.6 Å². The monoisotopic (exact) mass is 327 g/mol. The molecule has 0 atom stereocenters. The highest BCUT2D eigenvalue weighted by atomic mass is 19.1. The third-order valence-corrected chi connectivity index (χ3v) is 4.18. The van der Waals surface area contributed by atoms with Crippen molar-refractivity contribution >= 4 is 17.5 Å². The average molecular weight is 327 g/mol. The summed E-state index contributed by atoms with van der Waals surface area (Å²) in [6, 6.07) is 9.73. The van der Waals surface area contributed by atoms with E-state index in [1.807, 2.05) is 0 Å². The van der Waals surface area contributed by atoms with Crippen LogP contribution in [0, 0.1) is 5.82 Å². The molecule has 1 heterocycles. The van der Waals surface area contributed by atoms with Gasteiger partial charge in [-0.05, 0) is 31.0 Å². The summed E-state index contributed by atoms with van der Waals surface area (Å²) in [7, 11) is 0. The number of nitrogens with zero attached hydrogens (tertiary/aromatic N) is 1. The van der Waals surface area contributed by atoms with Crippen molar-refractivity contribution in [2.75, 3.05) is 11.9 Å². The van der Waals surface area contributed by atoms with Crippen LogP contribution in [0.4, 0.5) is 10.1 Å². The quantitative estimate of drug-likeness (QED) is 0.856. The van der Waals surface area contributed by atoms with Crippen LogP contribution in [0.1, 0.15) is 24.8 Å². The Morgan fingerprint density at radius 1 is 1.12 bits per heavy atom. The first-order valence-electron chi connectivity index (χ1n) is 7.85. The zero-order valence-electron chi connectivity index (χ0n) is 13.1. The molecule has 0 bridgehead atoms. The van der Waals surface area contributed by atoms with E-state index in [1.54, 1.807) is 42.7 Å². The van der Waals surface area contributed by atoms with E-state index in [0.29, 0.717) is 24.1 Å². The number of rotatable bonds is 6. The second kappa shape index (κ2) is 6.78. The van der Waals surface area contributed by atoms with Crippen molar-refractivity contribution in [3.8, 4) is 0 Å². The van der Waals surface area contributed by atoms with Crippen LogP contribution in [-0.4, -0.2) is 23.3 Å². The molecule has 2 amide bonds. The Morgan fingerprint density at radius 3 is 2.50 bits per heavy atom. The zero-order valence-corrected chi connectivity index (χ0v) is 13.1. The van der Waals surface area contributed by atoms with Gasteiger partial charge in [0.25, 0.3) is 0 Å². The Bertz CT molecular complexity index is 745. The Kier molecular flexibility index (Phi) is 4.55. The minimum atomic E-state index is -0.771. The summed E-state index contributed by atoms with van der Waals surface area (Å²) in [6.45, 7) is 0.214. The fourth-order valence-electron chi connectivity index (χ4n) is 2.71. The number of carbonyl (C=O) groups is 2. The van der Waals surface area contributed by atoms with E-state index in [4.69, 9.17) is 0 Å². The number of pyridine rings is 1. The van der Waals surface area contributed by atoms with Crippen molar-refractivity contribution in [1.29, 1.82) is 0 Å². The fraction of sp³-hybridized carbons (Fsp3) is 0.278. The normalized spacial score (nSPS) is 14.7. The van der Waals surface area contributed by atoms with Crippen molar-refractivity contribution in [3.63, 3.8) is 0 Å². The third-order valence-electron chi connectivity index (χ3n) is 4.18. The Morgan fingerprint density at radius 2 is 1.83 bits per heavy atom. The summed E-state index contributed by atoms with van der Waals surface area (Å²) in [4.78, 5) is 28.1. The highest BCUT2D eigenvalue weighted by Gasteiger charge is 2.52. The van der Waals surface area contributed by atoms with Crippen LogP contribution in [0.5, 0.6) is 0 Å². The van der Waals surface area contributed by atoms with Crippen LogP contribution < -0.4 is 10.6 Å². The zero-order chi connectivity index (χ0) is 17.0. The van der Waals surface area contributed by atoms with Crippen LogP contribution in [-0.2, 0) is 15.0 Å². The molecule has 1 saturated carbocycles. The van der Waals surface area contributed by atoms with Gasteiger partial charge in [0, 0.05) is 36.6 Å². The van der Waals surface area contributed by atoms with Gasteiger partial charge < -0.3 is 10.6 Å². The number of hydrogen-bond acceptors (Lipinski definition) is 3. The van der Waals surface area contributed by atoms with E-state index >= 15 is 0 Å². The summed E-state index contributed by atoms with van der Waals surface area (Å²) in [6.07, 6.45) is 4.58. The molecule has 1 aliphatic carbocycles. The molecule has 1 fully saturated rings. The molecule has 1 aliphatic rings. The van der Waals surface area contributed by atoms with Crippen molar-refractivity contribution < 1.29 is 14.0 Å². The lowest BCUT2D eigenvalue weighted by atomic mass is 9.94. The van der Waals surface area contributed by atoms with E-state index in [9.17, 15) is 14.0 Å². The number of carbonyl (C=O) groups excluding carboxylic acids is 2. The first-order chi connectivity index (χ1) is 11.6. The number of anilines is 1. The van der Waals surface area contributed by atoms with Gasteiger partial charge in [-0.3, -0.25) is 14.6 Å². The standard InChI is InChI=1S/C18H18FN3O2/c19-15-4-2-1-3-14(15)18(8-9-18)17(24)21-12-7-16(23)22-13-5-10-20-11-6-13/h1-6,10-11H,7-9,12H2,(H,21,24)(H,20,22,23). The van der Waals surface area contributed by atoms with Crippen LogP contribution in [0.15, 0.2) is 48.8 Å². The molecule has 1 aromatic carbocycles. The maximum Gasteiger partial charge on any atom is 0.230 e. The van der Waals surface area contributed by atoms with Crippen molar-refractivity contribution in [1.82, 2.24) is 10.3 Å². The molecular formula is C18H18FN3O2. The summed E-state index contributed by atoms with van der Waals surface area (Å²) in [5, 5.41) is 5.47. The largest absolute Gasteiger partial charge is 0.355 e. The van der Waals surface area contributed by atoms with E-state index in [1.165, 1.54) is 6.07 Å². The first-order valence-corrected chi connectivity index (χ1v) is 7.85. The van der Waals surface area contributed by atoms with Gasteiger partial charge >= 0.3 is 0 Å². The second-order valence-corrected chi connectivity index (χ2v) is 5.85. The molecule has 3 rings (SSSR count). The molecule has 1 aromatic heterocycles. The molecule has 0 spiro atoms. The summed E-state index contributed by atoms with van der Waals surface area (Å²) in [5.41, 5.74) is 0.322. The number of nitrogens with one attached hydrogen (secondary N) is 2. The molecule has 5 nitrogen and oxygen atoms in total. The highest BCUT2D eigenvalue weighted by Crippen LogP contribution is 2.49. The lowest BCUT2D eigenvalue weighted by molar-refractivity contribution is -0.123. The minimum absolute atomic E-state index is 0.154. The second-order valence-electron chi connectivity index (χ2n) is 5.85. The van der Waals surface area contributed by atoms with Gasteiger partial charge in [0.1, 0.15) is 5.82 Å². The van der Waals surface area contributed by atoms with Gasteiger partial charge in [-0.15, -0.1) is 0 Å².